The molecule has 1 atom stereocenters. The SMILES string of the molecule is O=C(C[C@@H]([NH2+]CC[NH2+]Cc1ccccc1)C(=O)[O-])Nc1cccc([N+](=O)[O-])c1. The first-order chi connectivity index (χ1) is 13.5. The Hall–Kier alpha value is -3.30. The molecule has 0 spiro atoms. The van der Waals surface area contributed by atoms with E-state index < -0.39 is 22.8 Å². The third-order valence-electron chi connectivity index (χ3n) is 4.09. The molecule has 5 N–H and O–H groups in total. The molecular weight excluding hydrogens is 364 g/mol. The molecule has 0 aliphatic rings. The van der Waals surface area contributed by atoms with Crippen LogP contribution in [-0.4, -0.2) is 35.9 Å². The normalized spacial score (nSPS) is 11.6. The number of non-ortho nitro benzene ring substituents is 1. The Morgan fingerprint density at radius 2 is 1.82 bits per heavy atom. The lowest BCUT2D eigenvalue weighted by molar-refractivity contribution is -0.742. The number of nitro benzene ring substituents is 1. The number of nitro groups is 1. The van der Waals surface area contributed by atoms with Crippen LogP contribution in [0.15, 0.2) is 54.6 Å². The molecule has 0 aliphatic heterocycles. The second kappa shape index (κ2) is 10.8. The van der Waals surface area contributed by atoms with E-state index in [1.54, 1.807) is 5.32 Å². The summed E-state index contributed by atoms with van der Waals surface area (Å²) in [6, 6.07) is 14.3. The maximum absolute atomic E-state index is 12.1. The second-order valence-electron chi connectivity index (χ2n) is 6.28. The molecule has 0 aromatic heterocycles. The van der Waals surface area contributed by atoms with Crippen LogP contribution in [0.3, 0.4) is 0 Å². The fourth-order valence-corrected chi connectivity index (χ4v) is 2.67. The van der Waals surface area contributed by atoms with Gasteiger partial charge in [0.2, 0.25) is 5.91 Å². The Morgan fingerprint density at radius 3 is 2.50 bits per heavy atom. The number of quaternary nitrogens is 2. The molecule has 148 valence electrons. The summed E-state index contributed by atoms with van der Waals surface area (Å²) in [5, 5.41) is 28.2. The summed E-state index contributed by atoms with van der Waals surface area (Å²) in [6.07, 6.45) is -0.288. The zero-order valence-electron chi connectivity index (χ0n) is 15.2. The van der Waals surface area contributed by atoms with Gasteiger partial charge in [-0.3, -0.25) is 14.9 Å². The number of benzene rings is 2. The van der Waals surface area contributed by atoms with Gasteiger partial charge in [0.15, 0.2) is 0 Å². The van der Waals surface area contributed by atoms with Gasteiger partial charge in [0.25, 0.3) is 5.69 Å². The summed E-state index contributed by atoms with van der Waals surface area (Å²) >= 11 is 0. The molecular formula is C19H23N4O5+. The quantitative estimate of drug-likeness (QED) is 0.241. The van der Waals surface area contributed by atoms with Crippen LogP contribution in [-0.2, 0) is 16.1 Å². The highest BCUT2D eigenvalue weighted by molar-refractivity contribution is 5.93. The molecule has 9 nitrogen and oxygen atoms in total. The van der Waals surface area contributed by atoms with E-state index in [1.165, 1.54) is 29.8 Å². The number of rotatable bonds is 11. The number of aliphatic carboxylic acids is 1. The average molecular weight is 387 g/mol. The minimum absolute atomic E-state index is 0.158. The smallest absolute Gasteiger partial charge is 0.271 e. The first kappa shape index (κ1) is 21.0. The van der Waals surface area contributed by atoms with Gasteiger partial charge in [0, 0.05) is 23.4 Å². The van der Waals surface area contributed by atoms with Gasteiger partial charge in [-0.05, 0) is 6.07 Å². The maximum atomic E-state index is 12.1. The first-order valence-electron chi connectivity index (χ1n) is 8.90. The van der Waals surface area contributed by atoms with Crippen LogP contribution in [0.1, 0.15) is 12.0 Å². The van der Waals surface area contributed by atoms with E-state index in [0.29, 0.717) is 13.1 Å². The number of carboxylic acids is 1. The number of nitrogens with two attached hydrogens (primary N) is 2. The molecule has 2 aromatic rings. The monoisotopic (exact) mass is 387 g/mol. The van der Waals surface area contributed by atoms with E-state index in [2.05, 4.69) is 10.6 Å². The Balaban J connectivity index is 1.76. The fraction of sp³-hybridized carbons (Fsp3) is 0.263. The summed E-state index contributed by atoms with van der Waals surface area (Å²) in [5.41, 5.74) is 1.26. The van der Waals surface area contributed by atoms with Crippen molar-refractivity contribution in [2.75, 3.05) is 18.4 Å². The highest BCUT2D eigenvalue weighted by Crippen LogP contribution is 2.17. The number of carbonyl (C=O) groups excluding carboxylic acids is 2. The number of amides is 1. The van der Waals surface area contributed by atoms with Crippen LogP contribution in [0.4, 0.5) is 11.4 Å². The van der Waals surface area contributed by atoms with Gasteiger partial charge in [0.1, 0.15) is 25.7 Å². The van der Waals surface area contributed by atoms with Crippen LogP contribution in [0.5, 0.6) is 0 Å². The van der Waals surface area contributed by atoms with E-state index in [0.717, 1.165) is 6.54 Å². The molecule has 9 heteroatoms. The molecule has 0 aliphatic carbocycles. The van der Waals surface area contributed by atoms with Gasteiger partial charge in [-0.1, -0.05) is 36.4 Å². The van der Waals surface area contributed by atoms with E-state index in [9.17, 15) is 24.8 Å². The van der Waals surface area contributed by atoms with E-state index in [4.69, 9.17) is 0 Å². The maximum Gasteiger partial charge on any atom is 0.271 e. The molecule has 0 unspecified atom stereocenters. The van der Waals surface area contributed by atoms with Crippen molar-refractivity contribution in [3.05, 3.63) is 70.3 Å². The number of nitrogens with one attached hydrogen (secondary N) is 1. The van der Waals surface area contributed by atoms with Gasteiger partial charge in [0.05, 0.1) is 17.3 Å². The van der Waals surface area contributed by atoms with Crippen molar-refractivity contribution >= 4 is 23.3 Å². The van der Waals surface area contributed by atoms with Crippen molar-refractivity contribution in [2.45, 2.75) is 19.0 Å². The van der Waals surface area contributed by atoms with E-state index in [-0.39, 0.29) is 17.8 Å². The number of anilines is 1. The molecule has 0 bridgehead atoms. The second-order valence-corrected chi connectivity index (χ2v) is 6.28. The molecule has 0 saturated carbocycles. The minimum Gasteiger partial charge on any atom is -0.544 e. The fourth-order valence-electron chi connectivity index (χ4n) is 2.67. The first-order valence-corrected chi connectivity index (χ1v) is 8.90. The Morgan fingerprint density at radius 1 is 1.07 bits per heavy atom. The highest BCUT2D eigenvalue weighted by Gasteiger charge is 2.19. The zero-order valence-corrected chi connectivity index (χ0v) is 15.2. The van der Waals surface area contributed by atoms with E-state index in [1.807, 2.05) is 30.3 Å². The van der Waals surface area contributed by atoms with Crippen LogP contribution in [0.2, 0.25) is 0 Å². The lowest BCUT2D eigenvalue weighted by Gasteiger charge is -2.16. The Kier molecular flexibility index (Phi) is 8.07. The standard InChI is InChI=1S/C19H22N4O5/c24-18(22-15-7-4-8-16(11-15)23(27)28)12-17(19(25)26)21-10-9-20-13-14-5-2-1-3-6-14/h1-8,11,17,20-21H,9-10,12-13H2,(H,22,24)(H,25,26)/p+1/t17-/m1/s1. The summed E-state index contributed by atoms with van der Waals surface area (Å²) in [4.78, 5) is 33.6. The van der Waals surface area contributed by atoms with Crippen molar-refractivity contribution < 1.29 is 30.3 Å². The number of carbonyl (C=O) groups is 2. The molecule has 0 saturated heterocycles. The predicted molar refractivity (Wildman–Crippen MR) is 98.9 cm³/mol. The lowest BCUT2D eigenvalue weighted by atomic mass is 10.2. The predicted octanol–water partition coefficient (Wildman–Crippen LogP) is -1.63. The third kappa shape index (κ3) is 7.14. The van der Waals surface area contributed by atoms with Crippen molar-refractivity contribution in [1.82, 2.24) is 0 Å². The Bertz CT molecular complexity index is 813. The van der Waals surface area contributed by atoms with Gasteiger partial charge in [-0.15, -0.1) is 0 Å². The number of hydrogen-bond donors (Lipinski definition) is 3. The Labute approximate surface area is 161 Å². The van der Waals surface area contributed by atoms with Crippen molar-refractivity contribution in [3.63, 3.8) is 0 Å². The highest BCUT2D eigenvalue weighted by atomic mass is 16.6. The molecule has 0 heterocycles. The average Bonchev–Trinajstić information content (AvgIpc) is 2.67. The van der Waals surface area contributed by atoms with Crippen LogP contribution in [0.25, 0.3) is 0 Å². The zero-order chi connectivity index (χ0) is 20.4. The van der Waals surface area contributed by atoms with Crippen molar-refractivity contribution in [1.29, 1.82) is 0 Å². The van der Waals surface area contributed by atoms with Crippen LogP contribution < -0.4 is 21.1 Å². The summed E-state index contributed by atoms with van der Waals surface area (Å²) < 4.78 is 0. The van der Waals surface area contributed by atoms with Gasteiger partial charge >= 0.3 is 0 Å². The van der Waals surface area contributed by atoms with E-state index >= 15 is 0 Å². The number of nitrogens with zero attached hydrogens (tertiary/aromatic N) is 1. The largest absolute Gasteiger partial charge is 0.544 e. The molecule has 2 aromatic carbocycles. The molecule has 28 heavy (non-hydrogen) atoms. The molecule has 2 rings (SSSR count). The minimum atomic E-state index is -1.32. The van der Waals surface area contributed by atoms with Crippen molar-refractivity contribution in [2.24, 2.45) is 0 Å². The summed E-state index contributed by atoms with van der Waals surface area (Å²) in [6.45, 7) is 1.98. The summed E-state index contributed by atoms with van der Waals surface area (Å²) in [7, 11) is 0. The molecule has 1 amide bonds. The number of hydrogen-bond acceptors (Lipinski definition) is 5. The van der Waals surface area contributed by atoms with Crippen LogP contribution in [0, 0.1) is 10.1 Å². The van der Waals surface area contributed by atoms with Gasteiger partial charge < -0.3 is 25.9 Å². The summed E-state index contributed by atoms with van der Waals surface area (Å²) in [5.74, 6) is -1.86. The van der Waals surface area contributed by atoms with Gasteiger partial charge in [-0.2, -0.15) is 0 Å². The van der Waals surface area contributed by atoms with Gasteiger partial charge in [-0.25, -0.2) is 0 Å². The lowest BCUT2D eigenvalue weighted by Crippen LogP contribution is -2.99. The molecule has 0 fully saturated rings. The topological polar surface area (TPSA) is 146 Å². The van der Waals surface area contributed by atoms with Crippen LogP contribution >= 0.6 is 0 Å². The van der Waals surface area contributed by atoms with Crippen molar-refractivity contribution in [3.8, 4) is 0 Å². The third-order valence-corrected chi connectivity index (χ3v) is 4.09. The molecule has 0 radical (unpaired) electrons. The number of carboxylic acid groups (broad SMARTS) is 1.